The Kier molecular flexibility index (Phi) is 3.39. The van der Waals surface area contributed by atoms with Crippen molar-refractivity contribution in [2.75, 3.05) is 18.4 Å². The first-order valence-electron chi connectivity index (χ1n) is 7.98. The van der Waals surface area contributed by atoms with Crippen molar-refractivity contribution in [2.45, 2.75) is 37.6 Å². The van der Waals surface area contributed by atoms with Crippen molar-refractivity contribution in [2.24, 2.45) is 0 Å². The molecule has 4 rings (SSSR count). The highest BCUT2D eigenvalue weighted by Gasteiger charge is 2.26. The van der Waals surface area contributed by atoms with Crippen LogP contribution in [-0.4, -0.2) is 29.3 Å². The second-order valence-electron chi connectivity index (χ2n) is 6.21. The Balaban J connectivity index is 1.54. The first-order chi connectivity index (χ1) is 10.4. The van der Waals surface area contributed by atoms with E-state index in [2.05, 4.69) is 51.2 Å². The van der Waals surface area contributed by atoms with Crippen molar-refractivity contribution in [3.8, 4) is 0 Å². The number of hydrogen-bond donors (Lipinski definition) is 3. The highest BCUT2D eigenvalue weighted by atomic mass is 15.2. The zero-order valence-corrected chi connectivity index (χ0v) is 12.2. The van der Waals surface area contributed by atoms with Gasteiger partial charge in [0.15, 0.2) is 5.82 Å². The van der Waals surface area contributed by atoms with Crippen molar-refractivity contribution in [1.82, 2.24) is 15.5 Å². The molecule has 1 aliphatic heterocycles. The minimum atomic E-state index is 0.523. The summed E-state index contributed by atoms with van der Waals surface area (Å²) in [5.74, 6) is 1.71. The second kappa shape index (κ2) is 5.53. The van der Waals surface area contributed by atoms with Crippen LogP contribution in [0.2, 0.25) is 0 Å². The summed E-state index contributed by atoms with van der Waals surface area (Å²) in [6.45, 7) is 2.15. The van der Waals surface area contributed by atoms with Gasteiger partial charge < -0.3 is 10.6 Å². The van der Waals surface area contributed by atoms with Gasteiger partial charge in [-0.2, -0.15) is 5.10 Å². The van der Waals surface area contributed by atoms with Crippen LogP contribution in [-0.2, 0) is 12.8 Å². The summed E-state index contributed by atoms with van der Waals surface area (Å²) in [6, 6.07) is 11.4. The molecule has 3 N–H and O–H groups in total. The normalized spacial score (nSPS) is 24.8. The van der Waals surface area contributed by atoms with E-state index in [4.69, 9.17) is 0 Å². The molecule has 2 aliphatic rings. The van der Waals surface area contributed by atoms with Gasteiger partial charge in [0.2, 0.25) is 0 Å². The van der Waals surface area contributed by atoms with E-state index in [1.165, 1.54) is 29.7 Å². The van der Waals surface area contributed by atoms with Gasteiger partial charge in [0.25, 0.3) is 0 Å². The third-order valence-electron chi connectivity index (χ3n) is 4.82. The molecule has 1 fully saturated rings. The lowest BCUT2D eigenvalue weighted by Crippen LogP contribution is -2.23. The number of fused-ring (bicyclic) bond motifs is 1. The van der Waals surface area contributed by atoms with Gasteiger partial charge in [-0.25, -0.2) is 0 Å². The topological polar surface area (TPSA) is 52.7 Å². The number of nitrogens with one attached hydrogen (secondary N) is 3. The van der Waals surface area contributed by atoms with Crippen molar-refractivity contribution >= 4 is 5.82 Å². The van der Waals surface area contributed by atoms with Gasteiger partial charge in [0.1, 0.15) is 0 Å². The van der Waals surface area contributed by atoms with Gasteiger partial charge >= 0.3 is 0 Å². The van der Waals surface area contributed by atoms with Crippen LogP contribution in [0, 0.1) is 0 Å². The smallest absolute Gasteiger partial charge is 0.151 e. The van der Waals surface area contributed by atoms with E-state index < -0.39 is 0 Å². The molecule has 1 aromatic heterocycles. The van der Waals surface area contributed by atoms with Crippen LogP contribution in [0.25, 0.3) is 0 Å². The lowest BCUT2D eigenvalue weighted by atomic mass is 9.82. The molecular weight excluding hydrogens is 260 g/mol. The molecule has 0 amide bonds. The van der Waals surface area contributed by atoms with Crippen LogP contribution >= 0.6 is 0 Å². The molecule has 1 saturated heterocycles. The number of nitrogens with zero attached hydrogens (tertiary/aromatic N) is 1. The maximum atomic E-state index is 4.53. The molecule has 4 nitrogen and oxygen atoms in total. The summed E-state index contributed by atoms with van der Waals surface area (Å²) in [5.41, 5.74) is 4.19. The average molecular weight is 282 g/mol. The average Bonchev–Trinajstić information content (AvgIpc) is 3.19. The van der Waals surface area contributed by atoms with Crippen LogP contribution in [0.5, 0.6) is 0 Å². The fraction of sp³-hybridized carbons (Fsp3) is 0.471. The predicted molar refractivity (Wildman–Crippen MR) is 84.7 cm³/mol. The number of aromatic amines is 1. The number of benzene rings is 1. The van der Waals surface area contributed by atoms with Crippen LogP contribution in [0.15, 0.2) is 30.3 Å². The number of aryl methyl sites for hydroxylation is 1. The molecule has 110 valence electrons. The molecule has 4 heteroatoms. The minimum Gasteiger partial charge on any atom is -0.364 e. The van der Waals surface area contributed by atoms with E-state index in [1.54, 1.807) is 0 Å². The van der Waals surface area contributed by atoms with Crippen LogP contribution in [0.3, 0.4) is 0 Å². The Morgan fingerprint density at radius 3 is 2.86 bits per heavy atom. The van der Waals surface area contributed by atoms with Gasteiger partial charge in [0.05, 0.1) is 0 Å². The number of rotatable bonds is 3. The Morgan fingerprint density at radius 2 is 2.05 bits per heavy atom. The van der Waals surface area contributed by atoms with Gasteiger partial charge in [-0.1, -0.05) is 30.3 Å². The third-order valence-corrected chi connectivity index (χ3v) is 4.82. The molecule has 0 spiro atoms. The minimum absolute atomic E-state index is 0.523. The standard InChI is InChI=1S/C17H22N4/c1-2-4-12(5-3-1)13-6-7-16-15(10-13)17(21-20-16)19-14-8-9-18-11-14/h1-5,13-14,18H,6-11H2,(H2,19,20,21). The molecule has 2 atom stereocenters. The van der Waals surface area contributed by atoms with Gasteiger partial charge in [-0.15, -0.1) is 0 Å². The van der Waals surface area contributed by atoms with E-state index >= 15 is 0 Å². The highest BCUT2D eigenvalue weighted by molar-refractivity contribution is 5.50. The summed E-state index contributed by atoms with van der Waals surface area (Å²) >= 11 is 0. The molecule has 21 heavy (non-hydrogen) atoms. The molecular formula is C17H22N4. The number of H-pyrrole nitrogens is 1. The molecule has 1 aromatic carbocycles. The summed E-state index contributed by atoms with van der Waals surface area (Å²) < 4.78 is 0. The lowest BCUT2D eigenvalue weighted by molar-refractivity contribution is 0.579. The van der Waals surface area contributed by atoms with Gasteiger partial charge in [-0.3, -0.25) is 5.10 Å². The molecule has 0 bridgehead atoms. The Bertz CT molecular complexity index is 599. The lowest BCUT2D eigenvalue weighted by Gasteiger charge is -2.23. The first kappa shape index (κ1) is 12.9. The second-order valence-corrected chi connectivity index (χ2v) is 6.21. The Hall–Kier alpha value is -1.81. The zero-order chi connectivity index (χ0) is 14.1. The quantitative estimate of drug-likeness (QED) is 0.810. The van der Waals surface area contributed by atoms with E-state index in [9.17, 15) is 0 Å². The largest absolute Gasteiger partial charge is 0.364 e. The molecule has 0 radical (unpaired) electrons. The van der Waals surface area contributed by atoms with E-state index in [1.807, 2.05) is 0 Å². The fourth-order valence-corrected chi connectivity index (χ4v) is 3.60. The Labute approximate surface area is 125 Å². The SMILES string of the molecule is c1ccc(C2CCc3[nH]nc(NC4CCNC4)c3C2)cc1. The van der Waals surface area contributed by atoms with E-state index in [-0.39, 0.29) is 0 Å². The van der Waals surface area contributed by atoms with Crippen molar-refractivity contribution in [3.05, 3.63) is 47.2 Å². The molecule has 1 aliphatic carbocycles. The summed E-state index contributed by atoms with van der Waals surface area (Å²) in [5, 5.41) is 14.8. The van der Waals surface area contributed by atoms with Crippen molar-refractivity contribution < 1.29 is 0 Å². The number of anilines is 1. The number of aromatic nitrogens is 2. The van der Waals surface area contributed by atoms with Crippen molar-refractivity contribution in [3.63, 3.8) is 0 Å². The van der Waals surface area contributed by atoms with Gasteiger partial charge in [0, 0.05) is 23.8 Å². The molecule has 0 saturated carbocycles. The first-order valence-corrected chi connectivity index (χ1v) is 7.98. The fourth-order valence-electron chi connectivity index (χ4n) is 3.60. The molecule has 2 heterocycles. The van der Waals surface area contributed by atoms with Crippen LogP contribution in [0.4, 0.5) is 5.82 Å². The third kappa shape index (κ3) is 2.56. The van der Waals surface area contributed by atoms with E-state index in [0.717, 1.165) is 31.7 Å². The van der Waals surface area contributed by atoms with Crippen LogP contribution < -0.4 is 10.6 Å². The Morgan fingerprint density at radius 1 is 1.14 bits per heavy atom. The maximum absolute atomic E-state index is 4.53. The summed E-state index contributed by atoms with van der Waals surface area (Å²) in [7, 11) is 0. The number of hydrogen-bond acceptors (Lipinski definition) is 3. The monoisotopic (exact) mass is 282 g/mol. The molecule has 2 unspecified atom stereocenters. The van der Waals surface area contributed by atoms with E-state index in [0.29, 0.717) is 12.0 Å². The molecule has 2 aromatic rings. The highest BCUT2D eigenvalue weighted by Crippen LogP contribution is 2.35. The van der Waals surface area contributed by atoms with Gasteiger partial charge in [-0.05, 0) is 43.7 Å². The summed E-state index contributed by atoms with van der Waals surface area (Å²) in [4.78, 5) is 0. The maximum Gasteiger partial charge on any atom is 0.151 e. The van der Waals surface area contributed by atoms with Crippen LogP contribution in [0.1, 0.15) is 35.6 Å². The summed E-state index contributed by atoms with van der Waals surface area (Å²) in [6.07, 6.45) is 4.60. The van der Waals surface area contributed by atoms with Crippen molar-refractivity contribution in [1.29, 1.82) is 0 Å². The zero-order valence-electron chi connectivity index (χ0n) is 12.2. The predicted octanol–water partition coefficient (Wildman–Crippen LogP) is 2.46.